The number of rotatable bonds is 9. The van der Waals surface area contributed by atoms with Crippen LogP contribution in [0.15, 0.2) is 91.0 Å². The van der Waals surface area contributed by atoms with Gasteiger partial charge >= 0.3 is 11.9 Å². The number of ether oxygens (including phenoxy) is 4. The lowest BCUT2D eigenvalue weighted by Gasteiger charge is -2.45. The zero-order chi connectivity index (χ0) is 28.7. The van der Waals surface area contributed by atoms with Gasteiger partial charge < -0.3 is 29.4 Å². The van der Waals surface area contributed by atoms with Crippen molar-refractivity contribution in [1.82, 2.24) is 5.32 Å². The molecule has 1 amide bonds. The Morgan fingerprint density at radius 3 is 1.57 bits per heavy atom. The molecule has 2 N–H and O–H groups in total. The highest BCUT2D eigenvalue weighted by Gasteiger charge is 2.51. The van der Waals surface area contributed by atoms with E-state index in [1.165, 1.54) is 20.8 Å². The van der Waals surface area contributed by atoms with Crippen molar-refractivity contribution < 1.29 is 38.4 Å². The SMILES string of the molecule is CC(=O)N[C@@H]1[C@@H](OC(C)=O)[C@H](OC(C)=O)[C@@H](COC(c2ccccc2)(c2ccccc2)c2ccccc2)O[C@@H]1O. The molecule has 0 radical (unpaired) electrons. The lowest BCUT2D eigenvalue weighted by Crippen LogP contribution is -2.66. The molecule has 0 unspecified atom stereocenters. The van der Waals surface area contributed by atoms with E-state index in [0.717, 1.165) is 16.7 Å². The molecule has 0 bridgehead atoms. The van der Waals surface area contributed by atoms with Gasteiger partial charge in [0, 0.05) is 20.8 Å². The van der Waals surface area contributed by atoms with Gasteiger partial charge in [0.2, 0.25) is 5.91 Å². The van der Waals surface area contributed by atoms with Gasteiger partial charge in [-0.2, -0.15) is 0 Å². The Balaban J connectivity index is 1.79. The quantitative estimate of drug-likeness (QED) is 0.310. The normalized spacial score (nSPS) is 22.6. The fourth-order valence-corrected chi connectivity index (χ4v) is 5.08. The van der Waals surface area contributed by atoms with Gasteiger partial charge in [0.15, 0.2) is 18.5 Å². The second kappa shape index (κ2) is 12.9. The van der Waals surface area contributed by atoms with Crippen LogP contribution in [-0.4, -0.2) is 60.2 Å². The van der Waals surface area contributed by atoms with Crippen molar-refractivity contribution in [2.24, 2.45) is 0 Å². The lowest BCUT2D eigenvalue weighted by atomic mass is 9.80. The summed E-state index contributed by atoms with van der Waals surface area (Å²) in [5.41, 5.74) is 1.38. The van der Waals surface area contributed by atoms with E-state index in [2.05, 4.69) is 5.32 Å². The lowest BCUT2D eigenvalue weighted by molar-refractivity contribution is -0.269. The van der Waals surface area contributed by atoms with Crippen LogP contribution < -0.4 is 5.32 Å². The summed E-state index contributed by atoms with van der Waals surface area (Å²) >= 11 is 0. The first-order valence-corrected chi connectivity index (χ1v) is 13.0. The van der Waals surface area contributed by atoms with Crippen LogP contribution in [0.5, 0.6) is 0 Å². The van der Waals surface area contributed by atoms with Gasteiger partial charge in [0.1, 0.15) is 17.7 Å². The zero-order valence-electron chi connectivity index (χ0n) is 22.6. The number of carbonyl (C=O) groups is 3. The molecule has 0 spiro atoms. The van der Waals surface area contributed by atoms with E-state index >= 15 is 0 Å². The summed E-state index contributed by atoms with van der Waals surface area (Å²) in [6, 6.07) is 27.8. The maximum absolute atomic E-state index is 12.2. The monoisotopic (exact) mass is 547 g/mol. The fraction of sp³-hybridized carbons (Fsp3) is 0.323. The van der Waals surface area contributed by atoms with Gasteiger partial charge in [-0.15, -0.1) is 0 Å². The first-order chi connectivity index (χ1) is 19.2. The zero-order valence-corrected chi connectivity index (χ0v) is 22.6. The number of hydrogen-bond donors (Lipinski definition) is 2. The van der Waals surface area contributed by atoms with E-state index in [1.54, 1.807) is 0 Å². The highest BCUT2D eigenvalue weighted by molar-refractivity contribution is 5.73. The highest BCUT2D eigenvalue weighted by Crippen LogP contribution is 2.41. The number of nitrogens with one attached hydrogen (secondary N) is 1. The molecule has 0 aromatic heterocycles. The highest BCUT2D eigenvalue weighted by atomic mass is 16.7. The first-order valence-electron chi connectivity index (χ1n) is 13.0. The molecule has 1 aliphatic heterocycles. The van der Waals surface area contributed by atoms with Gasteiger partial charge in [0.05, 0.1) is 6.61 Å². The van der Waals surface area contributed by atoms with Crippen LogP contribution in [0.25, 0.3) is 0 Å². The van der Waals surface area contributed by atoms with Crippen molar-refractivity contribution in [2.45, 2.75) is 57.0 Å². The smallest absolute Gasteiger partial charge is 0.303 e. The summed E-state index contributed by atoms with van der Waals surface area (Å²) in [7, 11) is 0. The number of amides is 1. The number of aliphatic hydroxyl groups is 1. The van der Waals surface area contributed by atoms with Gasteiger partial charge in [0.25, 0.3) is 0 Å². The van der Waals surface area contributed by atoms with Crippen molar-refractivity contribution in [3.63, 3.8) is 0 Å². The topological polar surface area (TPSA) is 120 Å². The van der Waals surface area contributed by atoms with Crippen molar-refractivity contribution in [3.05, 3.63) is 108 Å². The van der Waals surface area contributed by atoms with E-state index in [1.807, 2.05) is 91.0 Å². The van der Waals surface area contributed by atoms with E-state index in [-0.39, 0.29) is 6.61 Å². The molecule has 1 heterocycles. The molecule has 210 valence electrons. The molecule has 0 saturated carbocycles. The van der Waals surface area contributed by atoms with E-state index in [4.69, 9.17) is 18.9 Å². The molecular weight excluding hydrogens is 514 g/mol. The molecule has 9 nitrogen and oxygen atoms in total. The molecule has 0 aliphatic carbocycles. The molecule has 4 rings (SSSR count). The summed E-state index contributed by atoms with van der Waals surface area (Å²) in [6.07, 6.45) is -5.07. The minimum Gasteiger partial charge on any atom is -0.456 e. The third kappa shape index (κ3) is 6.39. The molecule has 3 aromatic carbocycles. The van der Waals surface area contributed by atoms with Crippen molar-refractivity contribution in [2.75, 3.05) is 6.61 Å². The minimum atomic E-state index is -1.58. The van der Waals surface area contributed by atoms with E-state index in [9.17, 15) is 19.5 Å². The van der Waals surface area contributed by atoms with Crippen LogP contribution >= 0.6 is 0 Å². The average molecular weight is 548 g/mol. The molecule has 1 saturated heterocycles. The summed E-state index contributed by atoms with van der Waals surface area (Å²) in [5, 5.41) is 13.4. The standard InChI is InChI=1S/C31H33NO8/c1-20(33)32-27-29(39-22(3)35)28(38-21(2)34)26(40-30(27)36)19-37-31(23-13-7-4-8-14-23,24-15-9-5-10-16-24)25-17-11-6-12-18-25/h4-18,26-30,36H,19H2,1-3H3,(H,32,33)/t26-,27-,28-,29-,30+/m1/s1. The number of benzene rings is 3. The minimum absolute atomic E-state index is 0.182. The Bertz CT molecular complexity index is 1190. The number of aliphatic hydroxyl groups excluding tert-OH is 1. The maximum atomic E-state index is 12.2. The van der Waals surface area contributed by atoms with Gasteiger partial charge in [-0.05, 0) is 16.7 Å². The van der Waals surface area contributed by atoms with Gasteiger partial charge in [-0.3, -0.25) is 14.4 Å². The summed E-state index contributed by atoms with van der Waals surface area (Å²) < 4.78 is 23.7. The predicted octanol–water partition coefficient (Wildman–Crippen LogP) is 3.08. The summed E-state index contributed by atoms with van der Waals surface area (Å²) in [6.45, 7) is 3.47. The third-order valence-electron chi connectivity index (χ3n) is 6.64. The molecule has 5 atom stereocenters. The number of hydrogen-bond acceptors (Lipinski definition) is 8. The largest absolute Gasteiger partial charge is 0.456 e. The molecular formula is C31H33NO8. The third-order valence-corrected chi connectivity index (χ3v) is 6.64. The molecule has 40 heavy (non-hydrogen) atoms. The number of esters is 2. The van der Waals surface area contributed by atoms with E-state index < -0.39 is 54.1 Å². The van der Waals surface area contributed by atoms with E-state index in [0.29, 0.717) is 0 Å². The summed E-state index contributed by atoms with van der Waals surface area (Å²) in [5.74, 6) is -1.83. The summed E-state index contributed by atoms with van der Waals surface area (Å²) in [4.78, 5) is 36.1. The second-order valence-electron chi connectivity index (χ2n) is 9.53. The Kier molecular flexibility index (Phi) is 9.31. The average Bonchev–Trinajstić information content (AvgIpc) is 2.94. The van der Waals surface area contributed by atoms with Gasteiger partial charge in [-0.25, -0.2) is 0 Å². The van der Waals surface area contributed by atoms with Crippen LogP contribution in [0, 0.1) is 0 Å². The fourth-order valence-electron chi connectivity index (χ4n) is 5.08. The Morgan fingerprint density at radius 1 is 0.750 bits per heavy atom. The van der Waals surface area contributed by atoms with Crippen LogP contribution in [0.2, 0.25) is 0 Å². The predicted molar refractivity (Wildman–Crippen MR) is 145 cm³/mol. The van der Waals surface area contributed by atoms with Crippen molar-refractivity contribution in [1.29, 1.82) is 0 Å². The van der Waals surface area contributed by atoms with Crippen LogP contribution in [0.4, 0.5) is 0 Å². The molecule has 1 aliphatic rings. The van der Waals surface area contributed by atoms with Crippen molar-refractivity contribution >= 4 is 17.8 Å². The first kappa shape index (κ1) is 28.9. The van der Waals surface area contributed by atoms with Crippen molar-refractivity contribution in [3.8, 4) is 0 Å². The van der Waals surface area contributed by atoms with Crippen LogP contribution in [0.1, 0.15) is 37.5 Å². The molecule has 1 fully saturated rings. The van der Waals surface area contributed by atoms with Gasteiger partial charge in [-0.1, -0.05) is 91.0 Å². The Hall–Kier alpha value is -4.05. The second-order valence-corrected chi connectivity index (χ2v) is 9.53. The Morgan fingerprint density at radius 2 is 1.18 bits per heavy atom. The molecule has 3 aromatic rings. The van der Waals surface area contributed by atoms with Crippen LogP contribution in [0.3, 0.4) is 0 Å². The number of carbonyl (C=O) groups excluding carboxylic acids is 3. The Labute approximate surface area is 233 Å². The maximum Gasteiger partial charge on any atom is 0.303 e. The molecule has 9 heteroatoms. The van der Waals surface area contributed by atoms with Crippen LogP contribution in [-0.2, 0) is 38.9 Å².